The maximum absolute atomic E-state index is 6.05. The highest BCUT2D eigenvalue weighted by Crippen LogP contribution is 2.27. The normalized spacial score (nSPS) is 24.8. The van der Waals surface area contributed by atoms with Gasteiger partial charge in [-0.2, -0.15) is 11.3 Å². The van der Waals surface area contributed by atoms with Gasteiger partial charge in [0.05, 0.1) is 5.69 Å². The SMILES string of the molecule is CC1C(N)CCN1Cc1csc(-c2ccsc2)n1. The predicted octanol–water partition coefficient (Wildman–Crippen LogP) is 2.79. The van der Waals surface area contributed by atoms with Crippen LogP contribution in [0.1, 0.15) is 19.0 Å². The van der Waals surface area contributed by atoms with Gasteiger partial charge in [-0.15, -0.1) is 11.3 Å². The molecule has 3 rings (SSSR count). The molecule has 2 aromatic heterocycles. The lowest BCUT2D eigenvalue weighted by Crippen LogP contribution is -2.36. The zero-order chi connectivity index (χ0) is 12.5. The summed E-state index contributed by atoms with van der Waals surface area (Å²) >= 11 is 3.45. The summed E-state index contributed by atoms with van der Waals surface area (Å²) in [6.07, 6.45) is 1.10. The summed E-state index contributed by atoms with van der Waals surface area (Å²) in [5.74, 6) is 0. The van der Waals surface area contributed by atoms with E-state index in [9.17, 15) is 0 Å². The fourth-order valence-electron chi connectivity index (χ4n) is 2.36. The minimum absolute atomic E-state index is 0.319. The lowest BCUT2D eigenvalue weighted by molar-refractivity contribution is 0.249. The highest BCUT2D eigenvalue weighted by molar-refractivity contribution is 7.14. The van der Waals surface area contributed by atoms with Crippen molar-refractivity contribution in [1.82, 2.24) is 9.88 Å². The molecular weight excluding hydrogens is 262 g/mol. The van der Waals surface area contributed by atoms with Crippen molar-refractivity contribution in [3.8, 4) is 10.6 Å². The van der Waals surface area contributed by atoms with Crippen LogP contribution >= 0.6 is 22.7 Å². The van der Waals surface area contributed by atoms with E-state index in [4.69, 9.17) is 10.7 Å². The largest absolute Gasteiger partial charge is 0.326 e. The molecule has 3 nitrogen and oxygen atoms in total. The van der Waals surface area contributed by atoms with Crippen LogP contribution in [0.3, 0.4) is 0 Å². The molecule has 2 N–H and O–H groups in total. The van der Waals surface area contributed by atoms with Gasteiger partial charge in [0.15, 0.2) is 0 Å². The van der Waals surface area contributed by atoms with E-state index in [1.807, 2.05) is 0 Å². The van der Waals surface area contributed by atoms with Gasteiger partial charge in [0.1, 0.15) is 5.01 Å². The van der Waals surface area contributed by atoms with Crippen LogP contribution in [0.5, 0.6) is 0 Å². The second-order valence-electron chi connectivity index (χ2n) is 4.82. The molecule has 96 valence electrons. The van der Waals surface area contributed by atoms with E-state index in [0.29, 0.717) is 12.1 Å². The fraction of sp³-hybridized carbons (Fsp3) is 0.462. The van der Waals surface area contributed by atoms with E-state index in [2.05, 4.69) is 34.0 Å². The van der Waals surface area contributed by atoms with Crippen LogP contribution in [-0.2, 0) is 6.54 Å². The van der Waals surface area contributed by atoms with E-state index < -0.39 is 0 Å². The first-order valence-electron chi connectivity index (χ1n) is 6.20. The van der Waals surface area contributed by atoms with Gasteiger partial charge in [-0.1, -0.05) is 0 Å². The molecule has 0 spiro atoms. The third-order valence-corrected chi connectivity index (χ3v) is 5.25. The maximum atomic E-state index is 6.05. The second kappa shape index (κ2) is 5.09. The van der Waals surface area contributed by atoms with Crippen LogP contribution in [0.2, 0.25) is 0 Å². The predicted molar refractivity (Wildman–Crippen MR) is 77.9 cm³/mol. The topological polar surface area (TPSA) is 42.1 Å². The number of rotatable bonds is 3. The molecule has 2 aromatic rings. The number of nitrogens with zero attached hydrogens (tertiary/aromatic N) is 2. The Labute approximate surface area is 115 Å². The smallest absolute Gasteiger partial charge is 0.124 e. The number of thiophene rings is 1. The number of thiazole rings is 1. The Morgan fingerprint density at radius 1 is 1.50 bits per heavy atom. The van der Waals surface area contributed by atoms with Crippen molar-refractivity contribution >= 4 is 22.7 Å². The minimum atomic E-state index is 0.319. The molecule has 1 saturated heterocycles. The molecule has 0 saturated carbocycles. The Balaban J connectivity index is 1.71. The molecule has 0 amide bonds. The van der Waals surface area contributed by atoms with Crippen LogP contribution in [0.15, 0.2) is 22.2 Å². The van der Waals surface area contributed by atoms with Gasteiger partial charge in [-0.3, -0.25) is 4.90 Å². The highest BCUT2D eigenvalue weighted by Gasteiger charge is 2.28. The minimum Gasteiger partial charge on any atom is -0.326 e. The summed E-state index contributed by atoms with van der Waals surface area (Å²) in [5, 5.41) is 7.54. The van der Waals surface area contributed by atoms with Crippen molar-refractivity contribution in [1.29, 1.82) is 0 Å². The summed E-state index contributed by atoms with van der Waals surface area (Å²) in [5.41, 5.74) is 8.45. The summed E-state index contributed by atoms with van der Waals surface area (Å²) < 4.78 is 0. The lowest BCUT2D eigenvalue weighted by Gasteiger charge is -2.21. The fourth-order valence-corrected chi connectivity index (χ4v) is 3.88. The number of aromatic nitrogens is 1. The zero-order valence-corrected chi connectivity index (χ0v) is 12.0. The molecule has 0 bridgehead atoms. The summed E-state index contributed by atoms with van der Waals surface area (Å²) in [4.78, 5) is 7.15. The first-order valence-corrected chi connectivity index (χ1v) is 8.03. The number of hydrogen-bond acceptors (Lipinski definition) is 5. The number of hydrogen-bond donors (Lipinski definition) is 1. The molecule has 0 aromatic carbocycles. The first-order chi connectivity index (χ1) is 8.74. The molecule has 1 aliphatic heterocycles. The molecule has 5 heteroatoms. The van der Waals surface area contributed by atoms with E-state index in [0.717, 1.165) is 24.5 Å². The molecule has 0 radical (unpaired) electrons. The van der Waals surface area contributed by atoms with Gasteiger partial charge in [-0.05, 0) is 24.8 Å². The molecule has 1 aliphatic rings. The van der Waals surface area contributed by atoms with Gasteiger partial charge in [0, 0.05) is 41.5 Å². The van der Waals surface area contributed by atoms with Crippen molar-refractivity contribution in [3.05, 3.63) is 27.9 Å². The second-order valence-corrected chi connectivity index (χ2v) is 6.46. The summed E-state index contributed by atoms with van der Waals surface area (Å²) in [6.45, 7) is 4.23. The summed E-state index contributed by atoms with van der Waals surface area (Å²) in [6, 6.07) is 2.91. The molecule has 0 aliphatic carbocycles. The zero-order valence-electron chi connectivity index (χ0n) is 10.4. The van der Waals surface area contributed by atoms with Crippen molar-refractivity contribution in [2.45, 2.75) is 32.0 Å². The van der Waals surface area contributed by atoms with Gasteiger partial charge in [0.2, 0.25) is 0 Å². The van der Waals surface area contributed by atoms with Crippen LogP contribution < -0.4 is 5.73 Å². The Morgan fingerprint density at radius 2 is 2.39 bits per heavy atom. The van der Waals surface area contributed by atoms with Crippen molar-refractivity contribution in [2.75, 3.05) is 6.54 Å². The quantitative estimate of drug-likeness (QED) is 0.939. The Kier molecular flexibility index (Phi) is 3.48. The van der Waals surface area contributed by atoms with Crippen molar-refractivity contribution in [2.24, 2.45) is 5.73 Å². The van der Waals surface area contributed by atoms with E-state index in [1.165, 1.54) is 11.3 Å². The van der Waals surface area contributed by atoms with E-state index in [-0.39, 0.29) is 0 Å². The van der Waals surface area contributed by atoms with Crippen molar-refractivity contribution in [3.63, 3.8) is 0 Å². The highest BCUT2D eigenvalue weighted by atomic mass is 32.1. The average Bonchev–Trinajstić information content (AvgIpc) is 3.06. The van der Waals surface area contributed by atoms with E-state index in [1.54, 1.807) is 22.7 Å². The van der Waals surface area contributed by atoms with Crippen LogP contribution in [-0.4, -0.2) is 28.5 Å². The lowest BCUT2D eigenvalue weighted by atomic mass is 10.2. The Bertz CT molecular complexity index is 506. The molecule has 2 unspecified atom stereocenters. The Hall–Kier alpha value is -0.750. The molecule has 2 atom stereocenters. The van der Waals surface area contributed by atoms with Gasteiger partial charge in [0.25, 0.3) is 0 Å². The van der Waals surface area contributed by atoms with Crippen LogP contribution in [0, 0.1) is 0 Å². The monoisotopic (exact) mass is 279 g/mol. The van der Waals surface area contributed by atoms with Gasteiger partial charge < -0.3 is 5.73 Å². The Morgan fingerprint density at radius 3 is 3.06 bits per heavy atom. The average molecular weight is 279 g/mol. The first kappa shape index (κ1) is 12.3. The van der Waals surface area contributed by atoms with E-state index >= 15 is 0 Å². The molecular formula is C13H17N3S2. The third-order valence-electron chi connectivity index (χ3n) is 3.63. The number of nitrogens with two attached hydrogens (primary N) is 1. The summed E-state index contributed by atoms with van der Waals surface area (Å²) in [7, 11) is 0. The maximum Gasteiger partial charge on any atom is 0.124 e. The standard InChI is InChI=1S/C13H17N3S2/c1-9-12(14)2-4-16(9)6-11-8-18-13(15-11)10-3-5-17-7-10/h3,5,7-9,12H,2,4,6,14H2,1H3. The molecule has 1 fully saturated rings. The third kappa shape index (κ3) is 2.36. The molecule has 18 heavy (non-hydrogen) atoms. The van der Waals surface area contributed by atoms with Crippen LogP contribution in [0.4, 0.5) is 0 Å². The molecule has 3 heterocycles. The van der Waals surface area contributed by atoms with Gasteiger partial charge in [-0.25, -0.2) is 4.98 Å². The van der Waals surface area contributed by atoms with Crippen molar-refractivity contribution < 1.29 is 0 Å². The number of likely N-dealkylation sites (tertiary alicyclic amines) is 1. The van der Waals surface area contributed by atoms with Gasteiger partial charge >= 0.3 is 0 Å². The van der Waals surface area contributed by atoms with Crippen LogP contribution in [0.25, 0.3) is 10.6 Å².